The van der Waals surface area contributed by atoms with Crippen LogP contribution in [0, 0.1) is 0 Å². The Hall–Kier alpha value is -2.66. The summed E-state index contributed by atoms with van der Waals surface area (Å²) >= 11 is 0. The lowest BCUT2D eigenvalue weighted by atomic mass is 9.78. The molecule has 0 aromatic heterocycles. The third-order valence-electron chi connectivity index (χ3n) is 7.56. The molecule has 2 aliphatic heterocycles. The second-order valence-electron chi connectivity index (χ2n) is 10.6. The monoisotopic (exact) mass is 491 g/mol. The molecule has 1 unspecified atom stereocenters. The van der Waals surface area contributed by atoms with E-state index in [2.05, 4.69) is 91.9 Å². The Morgan fingerprint density at radius 1 is 1.17 bits per heavy atom. The molecule has 36 heavy (non-hydrogen) atoms. The molecule has 5 nitrogen and oxygen atoms in total. The normalized spacial score (nSPS) is 21.9. The molecule has 0 radical (unpaired) electrons. The Bertz CT molecular complexity index is 995. The van der Waals surface area contributed by atoms with E-state index >= 15 is 0 Å². The molecular weight excluding hydrogens is 446 g/mol. The molecule has 196 valence electrons. The van der Waals surface area contributed by atoms with Crippen LogP contribution in [0.15, 0.2) is 60.0 Å². The molecule has 5 heteroatoms. The van der Waals surface area contributed by atoms with E-state index in [0.29, 0.717) is 12.0 Å². The zero-order valence-corrected chi connectivity index (χ0v) is 22.8. The molecular formula is C31H45N3O2. The van der Waals surface area contributed by atoms with Crippen molar-refractivity contribution in [1.29, 1.82) is 0 Å². The van der Waals surface area contributed by atoms with Gasteiger partial charge in [0, 0.05) is 36.9 Å². The highest BCUT2D eigenvalue weighted by Gasteiger charge is 2.28. The number of nitrogens with one attached hydrogen (secondary N) is 2. The first-order valence-electron chi connectivity index (χ1n) is 13.8. The van der Waals surface area contributed by atoms with Gasteiger partial charge in [-0.25, -0.2) is 0 Å². The number of ether oxygens (including phenoxy) is 2. The standard InChI is InChI=1S/C31H45N3O2/c1-6-9-26(7-2)33-27-13-16-34(17-14-27)21-23-12-15-32-29(18-23)25-19-28(24-10-8-11-24)31(36-22(3)4)30(20-25)35-5/h6-7,9,12,15,18-20,22,24,27,29,32-33H,8,10-11,13-14,16-17,21H2,1-5H3/b9-6-,26-7+. The van der Waals surface area contributed by atoms with E-state index in [4.69, 9.17) is 9.47 Å². The van der Waals surface area contributed by atoms with Gasteiger partial charge in [-0.1, -0.05) is 24.6 Å². The summed E-state index contributed by atoms with van der Waals surface area (Å²) in [6.45, 7) is 11.6. The molecule has 2 heterocycles. The maximum atomic E-state index is 6.25. The van der Waals surface area contributed by atoms with Crippen molar-refractivity contribution in [2.75, 3.05) is 26.7 Å². The maximum Gasteiger partial charge on any atom is 0.165 e. The number of dihydropyridines is 1. The van der Waals surface area contributed by atoms with Gasteiger partial charge in [-0.15, -0.1) is 0 Å². The molecule has 2 fully saturated rings. The Kier molecular flexibility index (Phi) is 9.19. The summed E-state index contributed by atoms with van der Waals surface area (Å²) in [5.41, 5.74) is 5.16. The summed E-state index contributed by atoms with van der Waals surface area (Å²) in [5.74, 6) is 2.35. The average Bonchev–Trinajstić information content (AvgIpc) is 2.84. The Morgan fingerprint density at radius 2 is 1.94 bits per heavy atom. The van der Waals surface area contributed by atoms with E-state index in [1.165, 1.54) is 54.5 Å². The van der Waals surface area contributed by atoms with Gasteiger partial charge in [0.05, 0.1) is 19.3 Å². The lowest BCUT2D eigenvalue weighted by molar-refractivity contribution is 0.218. The van der Waals surface area contributed by atoms with E-state index in [1.807, 2.05) is 0 Å². The van der Waals surface area contributed by atoms with Crippen LogP contribution in [0.25, 0.3) is 0 Å². The van der Waals surface area contributed by atoms with Gasteiger partial charge in [-0.05, 0) is 101 Å². The van der Waals surface area contributed by atoms with Gasteiger partial charge in [-0.3, -0.25) is 4.90 Å². The number of likely N-dealkylation sites (tertiary alicyclic amines) is 1. The topological polar surface area (TPSA) is 45.8 Å². The van der Waals surface area contributed by atoms with E-state index in [-0.39, 0.29) is 12.1 Å². The molecule has 0 bridgehead atoms. The second-order valence-corrected chi connectivity index (χ2v) is 10.6. The number of allylic oxidation sites excluding steroid dienone is 3. The Labute approximate surface area is 218 Å². The van der Waals surface area contributed by atoms with Crippen molar-refractivity contribution in [2.45, 2.75) is 83.9 Å². The Balaban J connectivity index is 1.44. The van der Waals surface area contributed by atoms with Crippen molar-refractivity contribution in [3.63, 3.8) is 0 Å². The van der Waals surface area contributed by atoms with Gasteiger partial charge in [0.15, 0.2) is 11.5 Å². The number of rotatable bonds is 10. The molecule has 1 saturated heterocycles. The van der Waals surface area contributed by atoms with Gasteiger partial charge in [0.25, 0.3) is 0 Å². The molecule has 3 aliphatic rings. The maximum absolute atomic E-state index is 6.25. The highest BCUT2D eigenvalue weighted by Crippen LogP contribution is 2.46. The molecule has 1 aromatic carbocycles. The van der Waals surface area contributed by atoms with Crippen molar-refractivity contribution in [1.82, 2.24) is 15.5 Å². The van der Waals surface area contributed by atoms with Crippen molar-refractivity contribution < 1.29 is 9.47 Å². The van der Waals surface area contributed by atoms with Crippen LogP contribution >= 0.6 is 0 Å². The third-order valence-corrected chi connectivity index (χ3v) is 7.56. The van der Waals surface area contributed by atoms with Crippen molar-refractivity contribution in [2.24, 2.45) is 0 Å². The van der Waals surface area contributed by atoms with Crippen molar-refractivity contribution in [3.8, 4) is 11.5 Å². The predicted molar refractivity (Wildman–Crippen MR) is 150 cm³/mol. The first kappa shape index (κ1) is 26.4. The van der Waals surface area contributed by atoms with Crippen molar-refractivity contribution >= 4 is 0 Å². The zero-order chi connectivity index (χ0) is 25.5. The highest BCUT2D eigenvalue weighted by atomic mass is 16.5. The van der Waals surface area contributed by atoms with Gasteiger partial charge >= 0.3 is 0 Å². The van der Waals surface area contributed by atoms with Crippen LogP contribution in [-0.4, -0.2) is 43.8 Å². The number of piperidine rings is 1. The van der Waals surface area contributed by atoms with Crippen molar-refractivity contribution in [3.05, 3.63) is 71.1 Å². The first-order chi connectivity index (χ1) is 17.5. The van der Waals surface area contributed by atoms with Gasteiger partial charge in [0.1, 0.15) is 0 Å². The molecule has 1 aromatic rings. The first-order valence-corrected chi connectivity index (χ1v) is 13.8. The van der Waals surface area contributed by atoms with Crippen LogP contribution in [0.3, 0.4) is 0 Å². The molecule has 0 amide bonds. The van der Waals surface area contributed by atoms with Gasteiger partial charge < -0.3 is 20.1 Å². The van der Waals surface area contributed by atoms with Gasteiger partial charge in [0.2, 0.25) is 0 Å². The largest absolute Gasteiger partial charge is 0.493 e. The molecule has 2 N–H and O–H groups in total. The lowest BCUT2D eigenvalue weighted by Gasteiger charge is -2.34. The number of nitrogens with zero attached hydrogens (tertiary/aromatic N) is 1. The minimum absolute atomic E-state index is 0.123. The van der Waals surface area contributed by atoms with Crippen LogP contribution in [0.2, 0.25) is 0 Å². The smallest absolute Gasteiger partial charge is 0.165 e. The average molecular weight is 492 g/mol. The Morgan fingerprint density at radius 3 is 2.56 bits per heavy atom. The highest BCUT2D eigenvalue weighted by molar-refractivity contribution is 5.53. The summed E-state index contributed by atoms with van der Waals surface area (Å²) < 4.78 is 12.1. The molecule has 1 atom stereocenters. The van der Waals surface area contributed by atoms with E-state index < -0.39 is 0 Å². The van der Waals surface area contributed by atoms with Crippen LogP contribution < -0.4 is 20.1 Å². The van der Waals surface area contributed by atoms with E-state index in [1.54, 1.807) is 7.11 Å². The summed E-state index contributed by atoms with van der Waals surface area (Å²) in [4.78, 5) is 2.58. The summed E-state index contributed by atoms with van der Waals surface area (Å²) in [5, 5.41) is 7.27. The summed E-state index contributed by atoms with van der Waals surface area (Å²) in [6, 6.07) is 5.21. The number of hydrogen-bond donors (Lipinski definition) is 2. The molecule has 4 rings (SSSR count). The summed E-state index contributed by atoms with van der Waals surface area (Å²) in [6.07, 6.45) is 19.4. The number of benzene rings is 1. The fraction of sp³-hybridized carbons (Fsp3) is 0.548. The second kappa shape index (κ2) is 12.5. The lowest BCUT2D eigenvalue weighted by Crippen LogP contribution is -2.42. The predicted octanol–water partition coefficient (Wildman–Crippen LogP) is 6.37. The van der Waals surface area contributed by atoms with Crippen LogP contribution in [0.4, 0.5) is 0 Å². The van der Waals surface area contributed by atoms with Crippen LogP contribution in [0.5, 0.6) is 11.5 Å². The van der Waals surface area contributed by atoms with E-state index in [0.717, 1.165) is 31.1 Å². The minimum Gasteiger partial charge on any atom is -0.493 e. The molecule has 1 saturated carbocycles. The number of hydrogen-bond acceptors (Lipinski definition) is 5. The fourth-order valence-corrected chi connectivity index (χ4v) is 5.37. The third kappa shape index (κ3) is 6.56. The SMILES string of the molecule is C/C=C\C(=C/C)NC1CCN(CC2=CC(c3cc(OC)c(OC(C)C)c(C4CCC4)c3)NC=C2)CC1. The molecule has 0 spiro atoms. The fourth-order valence-electron chi connectivity index (χ4n) is 5.37. The number of methoxy groups -OCH3 is 1. The molecule has 1 aliphatic carbocycles. The van der Waals surface area contributed by atoms with Gasteiger partial charge in [-0.2, -0.15) is 0 Å². The summed E-state index contributed by atoms with van der Waals surface area (Å²) in [7, 11) is 1.75. The van der Waals surface area contributed by atoms with Crippen LogP contribution in [-0.2, 0) is 0 Å². The van der Waals surface area contributed by atoms with E-state index in [9.17, 15) is 0 Å². The minimum atomic E-state index is 0.123. The van der Waals surface area contributed by atoms with Crippen LogP contribution in [0.1, 0.15) is 82.9 Å². The quantitative estimate of drug-likeness (QED) is 0.373. The zero-order valence-electron chi connectivity index (χ0n) is 22.8.